The standard InChI is InChI=1S/C13H21N3O3/c1-13(2)9(5-10(13)17)14-6-8-7-15(3)12(19)16(4)11(8)18/h7,9-10,14,17H,5-6H2,1-4H3. The van der Waals surface area contributed by atoms with Crippen molar-refractivity contribution < 1.29 is 5.11 Å². The highest BCUT2D eigenvalue weighted by Gasteiger charge is 2.46. The molecule has 0 aromatic carbocycles. The lowest BCUT2D eigenvalue weighted by Gasteiger charge is -2.49. The van der Waals surface area contributed by atoms with Crippen LogP contribution in [0.3, 0.4) is 0 Å². The van der Waals surface area contributed by atoms with Gasteiger partial charge in [0, 0.05) is 43.9 Å². The van der Waals surface area contributed by atoms with Crippen LogP contribution in [-0.2, 0) is 20.6 Å². The zero-order chi connectivity index (χ0) is 14.4. The van der Waals surface area contributed by atoms with Crippen LogP contribution < -0.4 is 16.6 Å². The second-order valence-corrected chi connectivity index (χ2v) is 5.92. The Balaban J connectivity index is 2.14. The molecule has 1 fully saturated rings. The van der Waals surface area contributed by atoms with Gasteiger partial charge < -0.3 is 15.0 Å². The first kappa shape index (κ1) is 14.0. The molecule has 2 atom stereocenters. The van der Waals surface area contributed by atoms with Crippen LogP contribution in [0.5, 0.6) is 0 Å². The van der Waals surface area contributed by atoms with E-state index in [1.807, 2.05) is 13.8 Å². The number of hydrogen-bond donors (Lipinski definition) is 2. The van der Waals surface area contributed by atoms with E-state index in [-0.39, 0.29) is 28.8 Å². The van der Waals surface area contributed by atoms with Gasteiger partial charge in [-0.3, -0.25) is 9.36 Å². The Morgan fingerprint density at radius 1 is 1.42 bits per heavy atom. The fourth-order valence-corrected chi connectivity index (χ4v) is 2.49. The van der Waals surface area contributed by atoms with Gasteiger partial charge >= 0.3 is 5.69 Å². The SMILES string of the molecule is Cn1cc(CNC2CC(O)C2(C)C)c(=O)n(C)c1=O. The van der Waals surface area contributed by atoms with Gasteiger partial charge in [-0.15, -0.1) is 0 Å². The highest BCUT2D eigenvalue weighted by Crippen LogP contribution is 2.40. The third-order valence-corrected chi connectivity index (χ3v) is 4.27. The molecule has 0 amide bonds. The van der Waals surface area contributed by atoms with Crippen LogP contribution in [0.15, 0.2) is 15.8 Å². The third-order valence-electron chi connectivity index (χ3n) is 4.27. The minimum absolute atomic E-state index is 0.175. The van der Waals surface area contributed by atoms with Crippen LogP contribution in [0.25, 0.3) is 0 Å². The lowest BCUT2D eigenvalue weighted by atomic mass is 9.64. The number of nitrogens with one attached hydrogen (secondary N) is 1. The second-order valence-electron chi connectivity index (χ2n) is 5.92. The van der Waals surface area contributed by atoms with Crippen LogP contribution in [-0.4, -0.2) is 26.4 Å². The molecule has 106 valence electrons. The van der Waals surface area contributed by atoms with Crippen molar-refractivity contribution in [3.8, 4) is 0 Å². The van der Waals surface area contributed by atoms with E-state index in [1.54, 1.807) is 13.2 Å². The van der Waals surface area contributed by atoms with Crippen molar-refractivity contribution in [3.63, 3.8) is 0 Å². The summed E-state index contributed by atoms with van der Waals surface area (Å²) in [6.45, 7) is 4.40. The number of hydrogen-bond acceptors (Lipinski definition) is 4. The Labute approximate surface area is 111 Å². The van der Waals surface area contributed by atoms with Crippen molar-refractivity contribution in [1.29, 1.82) is 0 Å². The maximum Gasteiger partial charge on any atom is 0.330 e. The summed E-state index contributed by atoms with van der Waals surface area (Å²) in [7, 11) is 3.10. The molecule has 0 aliphatic heterocycles. The zero-order valence-corrected chi connectivity index (χ0v) is 11.8. The fraction of sp³-hybridized carbons (Fsp3) is 0.692. The average molecular weight is 267 g/mol. The monoisotopic (exact) mass is 267 g/mol. The summed E-state index contributed by atoms with van der Waals surface area (Å²) in [5.74, 6) is 0. The first-order chi connectivity index (χ1) is 8.75. The lowest BCUT2D eigenvalue weighted by molar-refractivity contribution is -0.0730. The van der Waals surface area contributed by atoms with Crippen molar-refractivity contribution in [2.45, 2.75) is 39.0 Å². The smallest absolute Gasteiger partial charge is 0.330 e. The van der Waals surface area contributed by atoms with E-state index in [4.69, 9.17) is 0 Å². The number of aryl methyl sites for hydroxylation is 1. The Bertz CT molecular complexity index is 600. The Hall–Kier alpha value is -1.40. The highest BCUT2D eigenvalue weighted by atomic mass is 16.3. The summed E-state index contributed by atoms with van der Waals surface area (Å²) in [4.78, 5) is 23.5. The zero-order valence-electron chi connectivity index (χ0n) is 11.8. The van der Waals surface area contributed by atoms with Crippen LogP contribution in [0.1, 0.15) is 25.8 Å². The Morgan fingerprint density at radius 2 is 2.05 bits per heavy atom. The van der Waals surface area contributed by atoms with E-state index in [0.29, 0.717) is 18.5 Å². The van der Waals surface area contributed by atoms with Crippen molar-refractivity contribution in [2.24, 2.45) is 19.5 Å². The normalized spacial score (nSPS) is 25.1. The minimum atomic E-state index is -0.326. The minimum Gasteiger partial charge on any atom is -0.392 e. The number of aromatic nitrogens is 2. The van der Waals surface area contributed by atoms with Crippen LogP contribution >= 0.6 is 0 Å². The largest absolute Gasteiger partial charge is 0.392 e. The molecule has 2 N–H and O–H groups in total. The molecule has 0 saturated heterocycles. The van der Waals surface area contributed by atoms with E-state index in [0.717, 1.165) is 4.57 Å². The van der Waals surface area contributed by atoms with Gasteiger partial charge in [-0.05, 0) is 6.42 Å². The summed E-state index contributed by atoms with van der Waals surface area (Å²) >= 11 is 0. The molecule has 1 aliphatic rings. The maximum absolute atomic E-state index is 11.9. The molecule has 1 aromatic rings. The first-order valence-electron chi connectivity index (χ1n) is 6.42. The number of rotatable bonds is 3. The average Bonchev–Trinajstić information content (AvgIpc) is 2.37. The molecule has 0 bridgehead atoms. The van der Waals surface area contributed by atoms with Crippen LogP contribution in [0.2, 0.25) is 0 Å². The quantitative estimate of drug-likeness (QED) is 0.762. The van der Waals surface area contributed by atoms with Gasteiger partial charge in [0.15, 0.2) is 0 Å². The van der Waals surface area contributed by atoms with Crippen molar-refractivity contribution in [2.75, 3.05) is 0 Å². The van der Waals surface area contributed by atoms with E-state index in [9.17, 15) is 14.7 Å². The van der Waals surface area contributed by atoms with Gasteiger partial charge in [0.05, 0.1) is 6.10 Å². The summed E-state index contributed by atoms with van der Waals surface area (Å²) in [5.41, 5.74) is -0.213. The number of nitrogens with zero attached hydrogens (tertiary/aromatic N) is 2. The predicted molar refractivity (Wildman–Crippen MR) is 72.0 cm³/mol. The van der Waals surface area contributed by atoms with Crippen molar-refractivity contribution in [1.82, 2.24) is 14.5 Å². The van der Waals surface area contributed by atoms with Gasteiger partial charge in [0.25, 0.3) is 5.56 Å². The lowest BCUT2D eigenvalue weighted by Crippen LogP contribution is -2.60. The van der Waals surface area contributed by atoms with Crippen LogP contribution in [0.4, 0.5) is 0 Å². The molecule has 6 heteroatoms. The summed E-state index contributed by atoms with van der Waals surface area (Å²) in [6.07, 6.45) is 1.96. The molecule has 19 heavy (non-hydrogen) atoms. The first-order valence-corrected chi connectivity index (χ1v) is 6.42. The molecule has 2 rings (SSSR count). The van der Waals surface area contributed by atoms with Gasteiger partial charge in [-0.25, -0.2) is 4.79 Å². The molecule has 1 heterocycles. The van der Waals surface area contributed by atoms with E-state index in [2.05, 4.69) is 5.32 Å². The molecule has 2 unspecified atom stereocenters. The molecular weight excluding hydrogens is 246 g/mol. The van der Waals surface area contributed by atoms with Gasteiger partial charge in [0.1, 0.15) is 0 Å². The molecule has 0 spiro atoms. The topological polar surface area (TPSA) is 76.3 Å². The summed E-state index contributed by atoms with van der Waals surface area (Å²) in [5, 5.41) is 13.0. The summed E-state index contributed by atoms with van der Waals surface area (Å²) < 4.78 is 2.51. The van der Waals surface area contributed by atoms with Crippen molar-refractivity contribution >= 4 is 0 Å². The third kappa shape index (κ3) is 2.26. The maximum atomic E-state index is 11.9. The molecule has 1 aliphatic carbocycles. The van der Waals surface area contributed by atoms with Crippen LogP contribution in [0, 0.1) is 5.41 Å². The van der Waals surface area contributed by atoms with E-state index in [1.165, 1.54) is 11.6 Å². The molecule has 1 saturated carbocycles. The van der Waals surface area contributed by atoms with E-state index >= 15 is 0 Å². The van der Waals surface area contributed by atoms with Gasteiger partial charge in [-0.2, -0.15) is 0 Å². The van der Waals surface area contributed by atoms with Gasteiger partial charge in [-0.1, -0.05) is 13.8 Å². The second kappa shape index (κ2) is 4.61. The van der Waals surface area contributed by atoms with Crippen molar-refractivity contribution in [3.05, 3.63) is 32.6 Å². The Kier molecular flexibility index (Phi) is 3.40. The molecular formula is C13H21N3O3. The summed E-state index contributed by atoms with van der Waals surface area (Å²) in [6, 6.07) is 0.185. The highest BCUT2D eigenvalue weighted by molar-refractivity contribution is 5.08. The Morgan fingerprint density at radius 3 is 2.58 bits per heavy atom. The molecule has 1 aromatic heterocycles. The number of aliphatic hydroxyl groups is 1. The van der Waals surface area contributed by atoms with E-state index < -0.39 is 0 Å². The van der Waals surface area contributed by atoms with Gasteiger partial charge in [0.2, 0.25) is 0 Å². The molecule has 0 radical (unpaired) electrons. The fourth-order valence-electron chi connectivity index (χ4n) is 2.49. The number of aliphatic hydroxyl groups excluding tert-OH is 1. The predicted octanol–water partition coefficient (Wildman–Crippen LogP) is -0.667. The molecule has 6 nitrogen and oxygen atoms in total.